The molecule has 304 valence electrons. The Bertz CT molecular complexity index is 651. The van der Waals surface area contributed by atoms with Gasteiger partial charge in [0.05, 0.1) is 13.2 Å². The molecule has 0 unspecified atom stereocenters. The number of ether oxygens (including phenoxy) is 2. The highest BCUT2D eigenvalue weighted by molar-refractivity contribution is 7.99. The quantitative estimate of drug-likeness (QED) is 0.0461. The minimum Gasteiger partial charge on any atom is -0.466 e. The summed E-state index contributed by atoms with van der Waals surface area (Å²) in [6, 6.07) is 0. The largest absolute Gasteiger partial charge is 0.466 e. The maximum absolute atomic E-state index is 12.0. The first-order valence-corrected chi connectivity index (χ1v) is 24.0. The third kappa shape index (κ3) is 45.4. The number of thioether (sulfide) groups is 1. The van der Waals surface area contributed by atoms with E-state index in [1.54, 1.807) is 0 Å². The fourth-order valence-electron chi connectivity index (χ4n) is 6.76. The topological polar surface area (TPSA) is 52.6 Å². The molecule has 0 aromatic rings. The van der Waals surface area contributed by atoms with Gasteiger partial charge in [0.1, 0.15) is 0 Å². The molecule has 0 heterocycles. The van der Waals surface area contributed by atoms with Gasteiger partial charge in [-0.2, -0.15) is 11.8 Å². The van der Waals surface area contributed by atoms with Crippen LogP contribution in [-0.2, 0) is 19.1 Å². The standard InChI is InChI=1S/C46H90O4S/c1-43(2)35-27-23-19-15-11-7-5-9-13-17-21-25-31-39-49-45(47)37-29-33-41-51-42-34-30-38-46(48)50-40-32-26-22-18-14-10-6-8-12-16-20-24-28-36-44(3)4/h43-44H,5-42H2,1-4H3. The Hall–Kier alpha value is -0.710. The Morgan fingerprint density at radius 2 is 0.608 bits per heavy atom. The van der Waals surface area contributed by atoms with Gasteiger partial charge in [-0.3, -0.25) is 9.59 Å². The van der Waals surface area contributed by atoms with Crippen LogP contribution in [0, 0.1) is 11.8 Å². The van der Waals surface area contributed by atoms with Crippen LogP contribution < -0.4 is 0 Å². The molecule has 0 radical (unpaired) electrons. The average molecular weight is 739 g/mol. The highest BCUT2D eigenvalue weighted by Crippen LogP contribution is 2.17. The van der Waals surface area contributed by atoms with Crippen molar-refractivity contribution in [1.82, 2.24) is 0 Å². The summed E-state index contributed by atoms with van der Waals surface area (Å²) in [6.07, 6.45) is 42.7. The van der Waals surface area contributed by atoms with E-state index in [1.807, 2.05) is 11.8 Å². The van der Waals surface area contributed by atoms with Crippen LogP contribution in [0.5, 0.6) is 0 Å². The molecular formula is C46H90O4S. The van der Waals surface area contributed by atoms with Crippen LogP contribution in [0.1, 0.15) is 246 Å². The van der Waals surface area contributed by atoms with E-state index in [0.717, 1.165) is 61.9 Å². The van der Waals surface area contributed by atoms with Gasteiger partial charge in [-0.1, -0.05) is 195 Å². The molecule has 0 N–H and O–H groups in total. The zero-order valence-corrected chi connectivity index (χ0v) is 35.9. The monoisotopic (exact) mass is 739 g/mol. The second-order valence-corrected chi connectivity index (χ2v) is 17.7. The van der Waals surface area contributed by atoms with Crippen LogP contribution in [0.3, 0.4) is 0 Å². The molecule has 0 spiro atoms. The fourth-order valence-corrected chi connectivity index (χ4v) is 7.78. The third-order valence-electron chi connectivity index (χ3n) is 10.2. The van der Waals surface area contributed by atoms with Gasteiger partial charge in [0.2, 0.25) is 0 Å². The van der Waals surface area contributed by atoms with Crippen LogP contribution in [0.15, 0.2) is 0 Å². The normalized spacial score (nSPS) is 11.6. The van der Waals surface area contributed by atoms with E-state index in [1.165, 1.54) is 167 Å². The van der Waals surface area contributed by atoms with Gasteiger partial charge in [-0.05, 0) is 61.9 Å². The molecule has 0 aliphatic carbocycles. The highest BCUT2D eigenvalue weighted by atomic mass is 32.2. The van der Waals surface area contributed by atoms with Crippen molar-refractivity contribution in [2.45, 2.75) is 246 Å². The summed E-state index contributed by atoms with van der Waals surface area (Å²) >= 11 is 1.93. The Labute approximate surface area is 324 Å². The average Bonchev–Trinajstić information content (AvgIpc) is 3.10. The lowest BCUT2D eigenvalue weighted by Gasteiger charge is -2.06. The van der Waals surface area contributed by atoms with Crippen molar-refractivity contribution >= 4 is 23.7 Å². The number of rotatable bonds is 42. The Morgan fingerprint density at radius 1 is 0.353 bits per heavy atom. The molecule has 0 aromatic heterocycles. The van der Waals surface area contributed by atoms with Gasteiger partial charge in [-0.25, -0.2) is 0 Å². The van der Waals surface area contributed by atoms with Gasteiger partial charge >= 0.3 is 11.9 Å². The van der Waals surface area contributed by atoms with E-state index in [4.69, 9.17) is 9.47 Å². The molecule has 0 bridgehead atoms. The second kappa shape index (κ2) is 42.0. The lowest BCUT2D eigenvalue weighted by Crippen LogP contribution is -2.06. The lowest BCUT2D eigenvalue weighted by molar-refractivity contribution is -0.144. The summed E-state index contributed by atoms with van der Waals surface area (Å²) in [5, 5.41) is 0. The van der Waals surface area contributed by atoms with Gasteiger partial charge in [0, 0.05) is 12.8 Å². The fraction of sp³-hybridized carbons (Fsp3) is 0.957. The Kier molecular flexibility index (Phi) is 41.5. The molecule has 0 rings (SSSR count). The number of carbonyl (C=O) groups excluding carboxylic acids is 2. The number of hydrogen-bond donors (Lipinski definition) is 0. The zero-order chi connectivity index (χ0) is 37.3. The van der Waals surface area contributed by atoms with E-state index in [-0.39, 0.29) is 11.9 Å². The molecule has 5 heteroatoms. The summed E-state index contributed by atoms with van der Waals surface area (Å²) in [5.41, 5.74) is 0. The molecule has 0 fully saturated rings. The summed E-state index contributed by atoms with van der Waals surface area (Å²) in [6.45, 7) is 10.5. The molecule has 0 saturated heterocycles. The second-order valence-electron chi connectivity index (χ2n) is 16.5. The van der Waals surface area contributed by atoms with E-state index >= 15 is 0 Å². The Morgan fingerprint density at radius 3 is 0.882 bits per heavy atom. The van der Waals surface area contributed by atoms with Crippen LogP contribution in [0.25, 0.3) is 0 Å². The summed E-state index contributed by atoms with van der Waals surface area (Å²) < 4.78 is 10.9. The smallest absolute Gasteiger partial charge is 0.305 e. The minimum atomic E-state index is -0.0300. The van der Waals surface area contributed by atoms with E-state index in [0.29, 0.717) is 26.1 Å². The first-order chi connectivity index (χ1) is 24.9. The molecule has 0 amide bonds. The number of esters is 2. The number of unbranched alkanes of at least 4 members (excludes halogenated alkanes) is 26. The summed E-state index contributed by atoms with van der Waals surface area (Å²) in [7, 11) is 0. The van der Waals surface area contributed by atoms with Crippen molar-refractivity contribution in [3.8, 4) is 0 Å². The zero-order valence-electron chi connectivity index (χ0n) is 35.1. The van der Waals surface area contributed by atoms with Crippen molar-refractivity contribution in [1.29, 1.82) is 0 Å². The molecule has 0 aromatic carbocycles. The summed E-state index contributed by atoms with van der Waals surface area (Å²) in [5.74, 6) is 3.82. The predicted molar refractivity (Wildman–Crippen MR) is 226 cm³/mol. The predicted octanol–water partition coefficient (Wildman–Crippen LogP) is 15.4. The molecule has 0 aliphatic heterocycles. The molecular weight excluding hydrogens is 649 g/mol. The van der Waals surface area contributed by atoms with E-state index < -0.39 is 0 Å². The molecule has 0 aliphatic rings. The van der Waals surface area contributed by atoms with Gasteiger partial charge in [0.25, 0.3) is 0 Å². The van der Waals surface area contributed by atoms with Crippen molar-refractivity contribution in [3.05, 3.63) is 0 Å². The van der Waals surface area contributed by atoms with Gasteiger partial charge < -0.3 is 9.47 Å². The minimum absolute atomic E-state index is 0.0300. The number of carbonyl (C=O) groups is 2. The lowest BCUT2D eigenvalue weighted by atomic mass is 10.0. The maximum atomic E-state index is 12.0. The van der Waals surface area contributed by atoms with Crippen molar-refractivity contribution < 1.29 is 19.1 Å². The molecule has 0 atom stereocenters. The first kappa shape index (κ1) is 50.3. The van der Waals surface area contributed by atoms with Crippen molar-refractivity contribution in [3.63, 3.8) is 0 Å². The van der Waals surface area contributed by atoms with Gasteiger partial charge in [0.15, 0.2) is 0 Å². The maximum Gasteiger partial charge on any atom is 0.305 e. The van der Waals surface area contributed by atoms with Crippen LogP contribution >= 0.6 is 11.8 Å². The van der Waals surface area contributed by atoms with E-state index in [2.05, 4.69) is 27.7 Å². The Balaban J connectivity index is 3.24. The highest BCUT2D eigenvalue weighted by Gasteiger charge is 2.05. The van der Waals surface area contributed by atoms with Crippen LogP contribution in [-0.4, -0.2) is 36.7 Å². The molecule has 51 heavy (non-hydrogen) atoms. The van der Waals surface area contributed by atoms with E-state index in [9.17, 15) is 9.59 Å². The first-order valence-electron chi connectivity index (χ1n) is 22.8. The molecule has 4 nitrogen and oxygen atoms in total. The van der Waals surface area contributed by atoms with Crippen LogP contribution in [0.2, 0.25) is 0 Å². The van der Waals surface area contributed by atoms with Crippen molar-refractivity contribution in [2.24, 2.45) is 11.8 Å². The van der Waals surface area contributed by atoms with Gasteiger partial charge in [-0.15, -0.1) is 0 Å². The van der Waals surface area contributed by atoms with Crippen LogP contribution in [0.4, 0.5) is 0 Å². The van der Waals surface area contributed by atoms with Crippen molar-refractivity contribution in [2.75, 3.05) is 24.7 Å². The number of hydrogen-bond acceptors (Lipinski definition) is 5. The molecule has 0 saturated carbocycles. The third-order valence-corrected chi connectivity index (χ3v) is 11.4. The SMILES string of the molecule is CC(C)CCCCCCCCCCCCCCCOC(=O)CCCCSCCCCC(=O)OCCCCCCCCCCCCCCCC(C)C. The summed E-state index contributed by atoms with van der Waals surface area (Å²) in [4.78, 5) is 24.0.